The van der Waals surface area contributed by atoms with Gasteiger partial charge in [0.05, 0.1) is 0 Å². The molecule has 88 valence electrons. The standard InChI is InChI=1S/C14H15NO2/c1-3-15-12(7-8-13(15)14(16)17)11-6-4-5-10(2)9-11/h4-9H,3H2,1-2H3,(H,16,17). The summed E-state index contributed by atoms with van der Waals surface area (Å²) in [5.41, 5.74) is 3.51. The first-order chi connectivity index (χ1) is 8.13. The lowest BCUT2D eigenvalue weighted by Gasteiger charge is -2.09. The molecular formula is C14H15NO2. The first-order valence-electron chi connectivity index (χ1n) is 5.63. The Morgan fingerprint density at radius 2 is 2.06 bits per heavy atom. The second-order valence-corrected chi connectivity index (χ2v) is 4.02. The summed E-state index contributed by atoms with van der Waals surface area (Å²) in [6, 6.07) is 11.6. The normalized spacial score (nSPS) is 10.5. The van der Waals surface area contributed by atoms with E-state index in [1.165, 1.54) is 5.56 Å². The van der Waals surface area contributed by atoms with Gasteiger partial charge < -0.3 is 9.67 Å². The van der Waals surface area contributed by atoms with Crippen molar-refractivity contribution in [2.24, 2.45) is 0 Å². The van der Waals surface area contributed by atoms with Gasteiger partial charge in [-0.15, -0.1) is 0 Å². The molecule has 3 heteroatoms. The fourth-order valence-corrected chi connectivity index (χ4v) is 2.05. The van der Waals surface area contributed by atoms with Gasteiger partial charge in [0, 0.05) is 12.2 Å². The van der Waals surface area contributed by atoms with Crippen molar-refractivity contribution in [1.82, 2.24) is 4.57 Å². The quantitative estimate of drug-likeness (QED) is 0.878. The third-order valence-electron chi connectivity index (χ3n) is 2.83. The number of carbonyl (C=O) groups is 1. The number of carboxylic acids is 1. The van der Waals surface area contributed by atoms with Crippen molar-refractivity contribution < 1.29 is 9.90 Å². The van der Waals surface area contributed by atoms with Crippen LogP contribution >= 0.6 is 0 Å². The van der Waals surface area contributed by atoms with E-state index in [2.05, 4.69) is 6.07 Å². The highest BCUT2D eigenvalue weighted by molar-refractivity contribution is 5.87. The molecule has 0 fully saturated rings. The van der Waals surface area contributed by atoms with E-state index in [-0.39, 0.29) is 0 Å². The van der Waals surface area contributed by atoms with Crippen molar-refractivity contribution in [3.63, 3.8) is 0 Å². The SMILES string of the molecule is CCn1c(C(=O)O)ccc1-c1cccc(C)c1. The summed E-state index contributed by atoms with van der Waals surface area (Å²) >= 11 is 0. The molecule has 0 aliphatic rings. The number of aromatic nitrogens is 1. The molecule has 0 spiro atoms. The molecule has 0 aliphatic carbocycles. The van der Waals surface area contributed by atoms with Crippen LogP contribution in [0, 0.1) is 6.92 Å². The Balaban J connectivity index is 2.56. The topological polar surface area (TPSA) is 42.2 Å². The molecule has 3 nitrogen and oxygen atoms in total. The van der Waals surface area contributed by atoms with Crippen LogP contribution in [0.3, 0.4) is 0 Å². The molecule has 1 N–H and O–H groups in total. The molecule has 2 rings (SSSR count). The van der Waals surface area contributed by atoms with Crippen molar-refractivity contribution in [2.75, 3.05) is 0 Å². The number of carboxylic acid groups (broad SMARTS) is 1. The van der Waals surface area contributed by atoms with Crippen LogP contribution in [0.2, 0.25) is 0 Å². The lowest BCUT2D eigenvalue weighted by molar-refractivity contribution is 0.0685. The average Bonchev–Trinajstić information content (AvgIpc) is 2.72. The van der Waals surface area contributed by atoms with Gasteiger partial charge in [0.1, 0.15) is 5.69 Å². The summed E-state index contributed by atoms with van der Waals surface area (Å²) in [7, 11) is 0. The molecule has 2 aromatic rings. The summed E-state index contributed by atoms with van der Waals surface area (Å²) in [5, 5.41) is 9.09. The maximum absolute atomic E-state index is 11.1. The van der Waals surface area contributed by atoms with E-state index < -0.39 is 5.97 Å². The lowest BCUT2D eigenvalue weighted by atomic mass is 10.1. The molecule has 0 unspecified atom stereocenters. The molecule has 0 saturated heterocycles. The Labute approximate surface area is 100 Å². The smallest absolute Gasteiger partial charge is 0.352 e. The van der Waals surface area contributed by atoms with Crippen molar-refractivity contribution in [2.45, 2.75) is 20.4 Å². The maximum Gasteiger partial charge on any atom is 0.352 e. The van der Waals surface area contributed by atoms with Crippen molar-refractivity contribution >= 4 is 5.97 Å². The Bertz CT molecular complexity index is 555. The first kappa shape index (κ1) is 11.5. The minimum absolute atomic E-state index is 0.337. The van der Waals surface area contributed by atoms with Gasteiger partial charge in [0.25, 0.3) is 0 Å². The van der Waals surface area contributed by atoms with Gasteiger partial charge in [-0.3, -0.25) is 0 Å². The number of aryl methyl sites for hydroxylation is 1. The predicted octanol–water partition coefficient (Wildman–Crippen LogP) is 3.18. The monoisotopic (exact) mass is 229 g/mol. The van der Waals surface area contributed by atoms with Gasteiger partial charge in [-0.25, -0.2) is 4.79 Å². The van der Waals surface area contributed by atoms with Gasteiger partial charge in [0.15, 0.2) is 0 Å². The summed E-state index contributed by atoms with van der Waals surface area (Å²) in [4.78, 5) is 11.1. The molecular weight excluding hydrogens is 214 g/mol. The number of hydrogen-bond donors (Lipinski definition) is 1. The molecule has 0 atom stereocenters. The minimum Gasteiger partial charge on any atom is -0.477 e. The third-order valence-corrected chi connectivity index (χ3v) is 2.83. The molecule has 0 amide bonds. The zero-order valence-corrected chi connectivity index (χ0v) is 9.97. The molecule has 1 heterocycles. The summed E-state index contributed by atoms with van der Waals surface area (Å²) in [6.45, 7) is 4.63. The molecule has 0 aliphatic heterocycles. The van der Waals surface area contributed by atoms with Crippen molar-refractivity contribution in [3.8, 4) is 11.3 Å². The Hall–Kier alpha value is -2.03. The Kier molecular flexibility index (Phi) is 3.00. The van der Waals surface area contributed by atoms with Gasteiger partial charge in [-0.1, -0.05) is 23.8 Å². The van der Waals surface area contributed by atoms with Gasteiger partial charge in [-0.2, -0.15) is 0 Å². The fourth-order valence-electron chi connectivity index (χ4n) is 2.05. The van der Waals surface area contributed by atoms with Crippen molar-refractivity contribution in [3.05, 3.63) is 47.7 Å². The number of aromatic carboxylic acids is 1. The summed E-state index contributed by atoms with van der Waals surface area (Å²) in [6.07, 6.45) is 0. The second-order valence-electron chi connectivity index (χ2n) is 4.02. The van der Waals surface area contributed by atoms with Gasteiger partial charge >= 0.3 is 5.97 Å². The highest BCUT2D eigenvalue weighted by Gasteiger charge is 2.13. The van der Waals surface area contributed by atoms with E-state index in [4.69, 9.17) is 5.11 Å². The van der Waals surface area contributed by atoms with E-state index in [9.17, 15) is 4.79 Å². The average molecular weight is 229 g/mol. The third kappa shape index (κ3) is 2.09. The van der Waals surface area contributed by atoms with Crippen LogP contribution in [0.5, 0.6) is 0 Å². The molecule has 1 aromatic heterocycles. The van der Waals surface area contributed by atoms with Crippen LogP contribution in [0.1, 0.15) is 23.0 Å². The second kappa shape index (κ2) is 4.45. The largest absolute Gasteiger partial charge is 0.477 e. The van der Waals surface area contributed by atoms with Crippen molar-refractivity contribution in [1.29, 1.82) is 0 Å². The minimum atomic E-state index is -0.884. The number of rotatable bonds is 3. The van der Waals surface area contributed by atoms with Crippen LogP contribution in [-0.4, -0.2) is 15.6 Å². The van der Waals surface area contributed by atoms with Crippen LogP contribution in [-0.2, 0) is 6.54 Å². The summed E-state index contributed by atoms with van der Waals surface area (Å²) in [5.74, 6) is -0.884. The molecule has 0 radical (unpaired) electrons. The van der Waals surface area contributed by atoms with E-state index in [0.29, 0.717) is 12.2 Å². The van der Waals surface area contributed by atoms with Gasteiger partial charge in [-0.05, 0) is 37.6 Å². The van der Waals surface area contributed by atoms with Crippen LogP contribution in [0.4, 0.5) is 0 Å². The number of nitrogens with zero attached hydrogens (tertiary/aromatic N) is 1. The highest BCUT2D eigenvalue weighted by atomic mass is 16.4. The van der Waals surface area contributed by atoms with Crippen LogP contribution in [0.25, 0.3) is 11.3 Å². The molecule has 17 heavy (non-hydrogen) atoms. The molecule has 0 saturated carbocycles. The summed E-state index contributed by atoms with van der Waals surface area (Å²) < 4.78 is 1.82. The van der Waals surface area contributed by atoms with E-state index >= 15 is 0 Å². The molecule has 0 bridgehead atoms. The van der Waals surface area contributed by atoms with Crippen LogP contribution in [0.15, 0.2) is 36.4 Å². The predicted molar refractivity (Wildman–Crippen MR) is 67.2 cm³/mol. The van der Waals surface area contributed by atoms with E-state index in [1.54, 1.807) is 6.07 Å². The zero-order chi connectivity index (χ0) is 12.4. The Morgan fingerprint density at radius 3 is 2.65 bits per heavy atom. The van der Waals surface area contributed by atoms with Gasteiger partial charge in [0.2, 0.25) is 0 Å². The van der Waals surface area contributed by atoms with E-state index in [1.807, 2.05) is 42.7 Å². The maximum atomic E-state index is 11.1. The van der Waals surface area contributed by atoms with Crippen LogP contribution < -0.4 is 0 Å². The molecule has 1 aromatic carbocycles. The zero-order valence-electron chi connectivity index (χ0n) is 9.97. The fraction of sp³-hybridized carbons (Fsp3) is 0.214. The lowest BCUT2D eigenvalue weighted by Crippen LogP contribution is -2.08. The highest BCUT2D eigenvalue weighted by Crippen LogP contribution is 2.23. The number of hydrogen-bond acceptors (Lipinski definition) is 1. The van der Waals surface area contributed by atoms with E-state index in [0.717, 1.165) is 11.3 Å². The Morgan fingerprint density at radius 1 is 1.29 bits per heavy atom. The number of benzene rings is 1. The first-order valence-corrected chi connectivity index (χ1v) is 5.63.